The van der Waals surface area contributed by atoms with Crippen LogP contribution >= 0.6 is 11.8 Å². The number of rotatable bonds is 16. The van der Waals surface area contributed by atoms with Crippen molar-refractivity contribution in [2.75, 3.05) is 6.61 Å². The van der Waals surface area contributed by atoms with Crippen LogP contribution in [-0.4, -0.2) is 53.5 Å². The monoisotopic (exact) mass is 642 g/mol. The number of ether oxygens (including phenoxy) is 5. The summed E-state index contributed by atoms with van der Waals surface area (Å²) < 4.78 is 32.2. The highest BCUT2D eigenvalue weighted by molar-refractivity contribution is 7.99. The lowest BCUT2D eigenvalue weighted by Gasteiger charge is -2.45. The molecule has 0 amide bonds. The lowest BCUT2D eigenvalue weighted by atomic mass is 9.98. The number of carbonyl (C=O) groups excluding carboxylic acids is 1. The Kier molecular flexibility index (Phi) is 12.8. The highest BCUT2D eigenvalue weighted by Gasteiger charge is 2.49. The van der Waals surface area contributed by atoms with Gasteiger partial charge in [-0.3, -0.25) is 9.59 Å². The van der Waals surface area contributed by atoms with E-state index in [1.807, 2.05) is 121 Å². The lowest BCUT2D eigenvalue weighted by molar-refractivity contribution is -0.253. The van der Waals surface area contributed by atoms with Crippen LogP contribution in [0.5, 0.6) is 0 Å². The molecule has 240 valence electrons. The molecular formula is C37H38O8S. The standard InChI is InChI=1S/C37H38O8S/c38-32(39)21-22-33(40)41-26-31-34(42-23-27-13-5-1-6-14-27)35(43-24-28-15-7-2-8-16-28)36(44-25-29-17-9-3-10-18-29)37(45-31)46-30-19-11-4-12-20-30/h1-20,31,34-37H,21-26H2,(H,38,39)/t31-,34-,35+,36+,37-/m0/s1. The summed E-state index contributed by atoms with van der Waals surface area (Å²) in [5.74, 6) is -1.69. The Morgan fingerprint density at radius 2 is 1.07 bits per heavy atom. The largest absolute Gasteiger partial charge is 0.481 e. The predicted molar refractivity (Wildman–Crippen MR) is 174 cm³/mol. The Morgan fingerprint density at radius 1 is 0.609 bits per heavy atom. The van der Waals surface area contributed by atoms with Gasteiger partial charge in [-0.2, -0.15) is 0 Å². The Balaban J connectivity index is 1.46. The van der Waals surface area contributed by atoms with Crippen molar-refractivity contribution >= 4 is 23.7 Å². The van der Waals surface area contributed by atoms with Crippen molar-refractivity contribution in [1.29, 1.82) is 0 Å². The summed E-state index contributed by atoms with van der Waals surface area (Å²) in [4.78, 5) is 24.5. The van der Waals surface area contributed by atoms with Crippen LogP contribution in [-0.2, 0) is 53.1 Å². The van der Waals surface area contributed by atoms with Gasteiger partial charge in [0, 0.05) is 4.90 Å². The van der Waals surface area contributed by atoms with Crippen LogP contribution in [0.3, 0.4) is 0 Å². The van der Waals surface area contributed by atoms with E-state index in [1.165, 1.54) is 11.8 Å². The number of carbonyl (C=O) groups is 2. The molecule has 1 fully saturated rings. The predicted octanol–water partition coefficient (Wildman–Crippen LogP) is 6.67. The van der Waals surface area contributed by atoms with E-state index in [4.69, 9.17) is 28.8 Å². The first-order valence-electron chi connectivity index (χ1n) is 15.3. The zero-order valence-electron chi connectivity index (χ0n) is 25.4. The average molecular weight is 643 g/mol. The van der Waals surface area contributed by atoms with E-state index in [-0.39, 0.29) is 26.1 Å². The van der Waals surface area contributed by atoms with E-state index in [1.54, 1.807) is 0 Å². The molecule has 0 bridgehead atoms. The topological polar surface area (TPSA) is 101 Å². The van der Waals surface area contributed by atoms with Crippen molar-refractivity contribution in [1.82, 2.24) is 0 Å². The summed E-state index contributed by atoms with van der Waals surface area (Å²) in [5, 5.41) is 9.04. The fraction of sp³-hybridized carbons (Fsp3) is 0.297. The normalized spacial score (nSPS) is 21.0. The van der Waals surface area contributed by atoms with Gasteiger partial charge in [-0.05, 0) is 28.8 Å². The average Bonchev–Trinajstić information content (AvgIpc) is 3.09. The van der Waals surface area contributed by atoms with Gasteiger partial charge in [-0.1, -0.05) is 121 Å². The molecule has 0 aliphatic carbocycles. The van der Waals surface area contributed by atoms with Gasteiger partial charge in [0.25, 0.3) is 0 Å². The van der Waals surface area contributed by atoms with Crippen LogP contribution in [0.25, 0.3) is 0 Å². The van der Waals surface area contributed by atoms with Crippen molar-refractivity contribution in [3.05, 3.63) is 138 Å². The number of esters is 1. The van der Waals surface area contributed by atoms with E-state index in [0.717, 1.165) is 21.6 Å². The number of carboxylic acid groups (broad SMARTS) is 1. The number of benzene rings is 4. The van der Waals surface area contributed by atoms with Crippen LogP contribution < -0.4 is 0 Å². The second kappa shape index (κ2) is 17.6. The molecule has 0 radical (unpaired) electrons. The van der Waals surface area contributed by atoms with E-state index in [0.29, 0.717) is 13.2 Å². The van der Waals surface area contributed by atoms with E-state index >= 15 is 0 Å². The zero-order chi connectivity index (χ0) is 32.0. The minimum absolute atomic E-state index is 0.139. The molecular weight excluding hydrogens is 604 g/mol. The van der Waals surface area contributed by atoms with Gasteiger partial charge in [0.1, 0.15) is 36.5 Å². The molecule has 9 heteroatoms. The molecule has 0 aromatic heterocycles. The maximum absolute atomic E-state index is 12.5. The number of hydrogen-bond acceptors (Lipinski definition) is 8. The van der Waals surface area contributed by atoms with Crippen molar-refractivity contribution < 1.29 is 38.4 Å². The fourth-order valence-corrected chi connectivity index (χ4v) is 6.21. The molecule has 4 aromatic carbocycles. The molecule has 1 aliphatic heterocycles. The maximum atomic E-state index is 12.5. The molecule has 46 heavy (non-hydrogen) atoms. The van der Waals surface area contributed by atoms with Crippen molar-refractivity contribution in [2.24, 2.45) is 0 Å². The minimum Gasteiger partial charge on any atom is -0.481 e. The van der Waals surface area contributed by atoms with E-state index in [9.17, 15) is 9.59 Å². The summed E-state index contributed by atoms with van der Waals surface area (Å²) in [5.41, 5.74) is 2.40. The fourth-order valence-electron chi connectivity index (χ4n) is 5.06. The van der Waals surface area contributed by atoms with Gasteiger partial charge in [-0.15, -0.1) is 0 Å². The quantitative estimate of drug-likeness (QED) is 0.134. The molecule has 1 aliphatic rings. The van der Waals surface area contributed by atoms with Crippen LogP contribution in [0.15, 0.2) is 126 Å². The zero-order valence-corrected chi connectivity index (χ0v) is 26.2. The second-order valence-corrected chi connectivity index (χ2v) is 12.0. The van der Waals surface area contributed by atoms with Gasteiger partial charge in [0.05, 0.1) is 32.7 Å². The van der Waals surface area contributed by atoms with Crippen LogP contribution in [0.2, 0.25) is 0 Å². The van der Waals surface area contributed by atoms with Gasteiger partial charge in [0.2, 0.25) is 0 Å². The van der Waals surface area contributed by atoms with Gasteiger partial charge >= 0.3 is 11.9 Å². The molecule has 0 saturated carbocycles. The van der Waals surface area contributed by atoms with Crippen LogP contribution in [0.1, 0.15) is 29.5 Å². The van der Waals surface area contributed by atoms with Crippen LogP contribution in [0.4, 0.5) is 0 Å². The summed E-state index contributed by atoms with van der Waals surface area (Å²) in [6, 6.07) is 39.4. The molecule has 8 nitrogen and oxygen atoms in total. The van der Waals surface area contributed by atoms with Crippen molar-refractivity contribution in [2.45, 2.75) is 67.4 Å². The van der Waals surface area contributed by atoms with Crippen molar-refractivity contribution in [3.63, 3.8) is 0 Å². The van der Waals surface area contributed by atoms with Crippen LogP contribution in [0, 0.1) is 0 Å². The second-order valence-electron chi connectivity index (χ2n) is 10.8. The molecule has 5 rings (SSSR count). The summed E-state index contributed by atoms with van der Waals surface area (Å²) in [6.07, 6.45) is -3.17. The SMILES string of the molecule is O=C(O)CCC(=O)OC[C@@H]1O[C@@H](Sc2ccccc2)[C@H](OCc2ccccc2)[C@H](OCc2ccccc2)[C@H]1OCc1ccccc1. The number of thioether (sulfide) groups is 1. The first kappa shape index (κ1) is 33.4. The molecule has 5 atom stereocenters. The third-order valence-electron chi connectivity index (χ3n) is 7.39. The number of hydrogen-bond donors (Lipinski definition) is 1. The molecule has 0 unspecified atom stereocenters. The molecule has 1 saturated heterocycles. The highest BCUT2D eigenvalue weighted by Crippen LogP contribution is 2.38. The van der Waals surface area contributed by atoms with Gasteiger partial charge in [-0.25, -0.2) is 0 Å². The summed E-state index contributed by atoms with van der Waals surface area (Å²) in [6.45, 7) is 0.758. The summed E-state index contributed by atoms with van der Waals surface area (Å²) >= 11 is 1.50. The smallest absolute Gasteiger partial charge is 0.306 e. The van der Waals surface area contributed by atoms with E-state index in [2.05, 4.69) is 0 Å². The summed E-state index contributed by atoms with van der Waals surface area (Å²) in [7, 11) is 0. The highest BCUT2D eigenvalue weighted by atomic mass is 32.2. The Labute approximate surface area is 273 Å². The van der Waals surface area contributed by atoms with Crippen molar-refractivity contribution in [3.8, 4) is 0 Å². The maximum Gasteiger partial charge on any atom is 0.306 e. The lowest BCUT2D eigenvalue weighted by Crippen LogP contribution is -2.60. The molecule has 0 spiro atoms. The number of aliphatic carboxylic acids is 1. The van der Waals surface area contributed by atoms with Gasteiger partial charge < -0.3 is 28.8 Å². The Morgan fingerprint density at radius 3 is 1.57 bits per heavy atom. The first-order chi connectivity index (χ1) is 22.5. The number of carboxylic acids is 1. The molecule has 1 heterocycles. The minimum atomic E-state index is -1.07. The Hall–Kier alpha value is -3.99. The first-order valence-corrected chi connectivity index (χ1v) is 16.1. The van der Waals surface area contributed by atoms with Gasteiger partial charge in [0.15, 0.2) is 0 Å². The Bertz CT molecular complexity index is 1470. The third kappa shape index (κ3) is 10.3. The molecule has 4 aromatic rings. The van der Waals surface area contributed by atoms with E-state index < -0.39 is 41.8 Å². The molecule has 1 N–H and O–H groups in total. The third-order valence-corrected chi connectivity index (χ3v) is 8.55.